The highest BCUT2D eigenvalue weighted by molar-refractivity contribution is 9.10. The van der Waals surface area contributed by atoms with E-state index in [9.17, 15) is 0 Å². The molecule has 14 heavy (non-hydrogen) atoms. The minimum atomic E-state index is 0.186. The number of benzene rings is 1. The van der Waals surface area contributed by atoms with Gasteiger partial charge in [0.05, 0.1) is 0 Å². The monoisotopic (exact) mass is 269 g/mol. The van der Waals surface area contributed by atoms with Gasteiger partial charge in [0.2, 0.25) is 0 Å². The Balaban J connectivity index is 2.51. The fraction of sp³-hybridized carbons (Fsp3) is 0.273. The summed E-state index contributed by atoms with van der Waals surface area (Å²) in [5.74, 6) is 0. The fourth-order valence-corrected chi connectivity index (χ4v) is 3.11. The molecular weight excluding hydrogens is 258 g/mol. The maximum Gasteiger partial charge on any atom is 0.0387 e. The summed E-state index contributed by atoms with van der Waals surface area (Å²) in [7, 11) is 0. The van der Waals surface area contributed by atoms with E-state index in [-0.39, 0.29) is 6.04 Å². The molecule has 0 saturated carbocycles. The summed E-state index contributed by atoms with van der Waals surface area (Å²) < 4.78 is 2.43. The van der Waals surface area contributed by atoms with Crippen molar-refractivity contribution in [3.63, 3.8) is 0 Å². The van der Waals surface area contributed by atoms with Crippen LogP contribution in [0.5, 0.6) is 0 Å². The summed E-state index contributed by atoms with van der Waals surface area (Å²) >= 11 is 5.26. The molecule has 0 radical (unpaired) electrons. The van der Waals surface area contributed by atoms with Crippen molar-refractivity contribution in [1.29, 1.82) is 0 Å². The van der Waals surface area contributed by atoms with Crippen molar-refractivity contribution in [2.24, 2.45) is 5.73 Å². The number of hydrogen-bond donors (Lipinski definition) is 1. The average Bonchev–Trinajstić information content (AvgIpc) is 2.59. The van der Waals surface area contributed by atoms with Gasteiger partial charge < -0.3 is 5.73 Å². The third kappa shape index (κ3) is 1.85. The lowest BCUT2D eigenvalue weighted by Gasteiger charge is -2.02. The van der Waals surface area contributed by atoms with E-state index in [1.54, 1.807) is 11.3 Å². The van der Waals surface area contributed by atoms with E-state index >= 15 is 0 Å². The molecule has 1 aromatic heterocycles. The van der Waals surface area contributed by atoms with Crippen LogP contribution in [-0.4, -0.2) is 0 Å². The molecule has 1 nitrogen and oxygen atoms in total. The topological polar surface area (TPSA) is 26.0 Å². The van der Waals surface area contributed by atoms with E-state index in [0.717, 1.165) is 10.9 Å². The standard InChI is InChI=1S/C11H12BrNS/c1-2-9(13)11-5-7-3-4-8(12)6-10(7)14-11/h3-6,9H,2,13H2,1H3/t9-/m1/s1. The summed E-state index contributed by atoms with van der Waals surface area (Å²) in [6.07, 6.45) is 0.994. The highest BCUT2D eigenvalue weighted by Gasteiger charge is 2.07. The van der Waals surface area contributed by atoms with Crippen LogP contribution in [0.3, 0.4) is 0 Å². The lowest BCUT2D eigenvalue weighted by atomic mass is 10.2. The molecular formula is C11H12BrNS. The molecule has 2 N–H and O–H groups in total. The molecule has 0 bridgehead atoms. The van der Waals surface area contributed by atoms with E-state index in [2.05, 4.69) is 47.1 Å². The second kappa shape index (κ2) is 4.01. The molecule has 0 amide bonds. The van der Waals surface area contributed by atoms with E-state index in [4.69, 9.17) is 5.73 Å². The highest BCUT2D eigenvalue weighted by atomic mass is 79.9. The summed E-state index contributed by atoms with van der Waals surface area (Å²) in [5, 5.41) is 1.29. The van der Waals surface area contributed by atoms with Crippen LogP contribution in [0.4, 0.5) is 0 Å². The Hall–Kier alpha value is -0.380. The fourth-order valence-electron chi connectivity index (χ4n) is 1.41. The van der Waals surface area contributed by atoms with Crippen molar-refractivity contribution < 1.29 is 0 Å². The maximum absolute atomic E-state index is 5.99. The summed E-state index contributed by atoms with van der Waals surface area (Å²) in [4.78, 5) is 1.28. The molecule has 0 spiro atoms. The molecule has 0 aliphatic rings. The van der Waals surface area contributed by atoms with Gasteiger partial charge in [-0.1, -0.05) is 28.9 Å². The number of nitrogens with two attached hydrogens (primary N) is 1. The molecule has 0 saturated heterocycles. The SMILES string of the molecule is CC[C@@H](N)c1cc2ccc(Br)cc2s1. The Bertz CT molecular complexity index is 449. The third-order valence-corrected chi connectivity index (χ3v) is 4.03. The molecule has 1 atom stereocenters. The van der Waals surface area contributed by atoms with Gasteiger partial charge in [0.25, 0.3) is 0 Å². The van der Waals surface area contributed by atoms with Gasteiger partial charge in [-0.2, -0.15) is 0 Å². The number of thiophene rings is 1. The Morgan fingerprint density at radius 2 is 2.21 bits per heavy atom. The first-order valence-electron chi connectivity index (χ1n) is 4.65. The van der Waals surface area contributed by atoms with Gasteiger partial charge in [-0.15, -0.1) is 11.3 Å². The Morgan fingerprint density at radius 1 is 1.43 bits per heavy atom. The maximum atomic E-state index is 5.99. The highest BCUT2D eigenvalue weighted by Crippen LogP contribution is 2.31. The van der Waals surface area contributed by atoms with Gasteiger partial charge in [0, 0.05) is 20.1 Å². The van der Waals surface area contributed by atoms with Crippen LogP contribution < -0.4 is 5.73 Å². The van der Waals surface area contributed by atoms with Crippen molar-refractivity contribution in [3.8, 4) is 0 Å². The quantitative estimate of drug-likeness (QED) is 0.874. The van der Waals surface area contributed by atoms with Crippen molar-refractivity contribution in [3.05, 3.63) is 33.6 Å². The first-order valence-corrected chi connectivity index (χ1v) is 6.26. The molecule has 0 fully saturated rings. The average molecular weight is 270 g/mol. The minimum absolute atomic E-state index is 0.186. The first-order chi connectivity index (χ1) is 6.70. The van der Waals surface area contributed by atoms with E-state index in [1.807, 2.05) is 0 Å². The second-order valence-corrected chi connectivity index (χ2v) is 5.38. The lowest BCUT2D eigenvalue weighted by Crippen LogP contribution is -2.05. The van der Waals surface area contributed by atoms with Crippen molar-refractivity contribution in [1.82, 2.24) is 0 Å². The van der Waals surface area contributed by atoms with E-state index in [1.165, 1.54) is 15.0 Å². The molecule has 0 aliphatic heterocycles. The molecule has 1 aromatic carbocycles. The van der Waals surface area contributed by atoms with Crippen LogP contribution >= 0.6 is 27.3 Å². The zero-order valence-electron chi connectivity index (χ0n) is 7.96. The summed E-state index contributed by atoms with van der Waals surface area (Å²) in [6, 6.07) is 8.72. The predicted molar refractivity (Wildman–Crippen MR) is 66.7 cm³/mol. The molecule has 74 valence electrons. The van der Waals surface area contributed by atoms with Gasteiger partial charge >= 0.3 is 0 Å². The Morgan fingerprint density at radius 3 is 2.93 bits per heavy atom. The Labute approximate surface area is 96.1 Å². The van der Waals surface area contributed by atoms with Gasteiger partial charge in [-0.3, -0.25) is 0 Å². The first kappa shape index (κ1) is 10.1. The van der Waals surface area contributed by atoms with Gasteiger partial charge in [0.1, 0.15) is 0 Å². The van der Waals surface area contributed by atoms with Crippen LogP contribution in [0.1, 0.15) is 24.3 Å². The van der Waals surface area contributed by atoms with Crippen LogP contribution in [0.25, 0.3) is 10.1 Å². The molecule has 3 heteroatoms. The third-order valence-electron chi connectivity index (χ3n) is 2.31. The normalized spacial score (nSPS) is 13.4. The minimum Gasteiger partial charge on any atom is -0.323 e. The second-order valence-electron chi connectivity index (χ2n) is 3.35. The Kier molecular flexibility index (Phi) is 2.91. The zero-order valence-corrected chi connectivity index (χ0v) is 10.4. The van der Waals surface area contributed by atoms with Crippen molar-refractivity contribution in [2.75, 3.05) is 0 Å². The van der Waals surface area contributed by atoms with E-state index in [0.29, 0.717) is 0 Å². The lowest BCUT2D eigenvalue weighted by molar-refractivity contribution is 0.712. The van der Waals surface area contributed by atoms with Crippen molar-refractivity contribution >= 4 is 37.4 Å². The number of hydrogen-bond acceptors (Lipinski definition) is 2. The molecule has 0 unspecified atom stereocenters. The van der Waals surface area contributed by atoms with Gasteiger partial charge in [-0.25, -0.2) is 0 Å². The number of fused-ring (bicyclic) bond motifs is 1. The molecule has 2 aromatic rings. The van der Waals surface area contributed by atoms with Crippen molar-refractivity contribution in [2.45, 2.75) is 19.4 Å². The smallest absolute Gasteiger partial charge is 0.0387 e. The predicted octanol–water partition coefficient (Wildman–Crippen LogP) is 4.07. The number of rotatable bonds is 2. The van der Waals surface area contributed by atoms with Crippen LogP contribution in [0.2, 0.25) is 0 Å². The molecule has 2 rings (SSSR count). The van der Waals surface area contributed by atoms with Gasteiger partial charge in [-0.05, 0) is 30.0 Å². The molecule has 0 aliphatic carbocycles. The number of halogens is 1. The molecule has 1 heterocycles. The van der Waals surface area contributed by atoms with Crippen LogP contribution in [-0.2, 0) is 0 Å². The zero-order chi connectivity index (χ0) is 10.1. The van der Waals surface area contributed by atoms with E-state index < -0.39 is 0 Å². The van der Waals surface area contributed by atoms with Gasteiger partial charge in [0.15, 0.2) is 0 Å². The van der Waals surface area contributed by atoms with Crippen LogP contribution in [0.15, 0.2) is 28.7 Å². The summed E-state index contributed by atoms with van der Waals surface area (Å²) in [5.41, 5.74) is 5.99. The summed E-state index contributed by atoms with van der Waals surface area (Å²) in [6.45, 7) is 2.12. The largest absolute Gasteiger partial charge is 0.323 e. The van der Waals surface area contributed by atoms with Crippen LogP contribution in [0, 0.1) is 0 Å².